The average Bonchev–Trinajstić information content (AvgIpc) is 2.96. The topological polar surface area (TPSA) is 46.6 Å². The van der Waals surface area contributed by atoms with Gasteiger partial charge in [0, 0.05) is 6.42 Å². The van der Waals surface area contributed by atoms with Crippen LogP contribution in [0.1, 0.15) is 23.6 Å². The monoisotopic (exact) mass is 295 g/mol. The maximum absolute atomic E-state index is 12.4. The lowest BCUT2D eigenvalue weighted by Crippen LogP contribution is -2.34. The first-order valence-electron chi connectivity index (χ1n) is 7.33. The van der Waals surface area contributed by atoms with Crippen molar-refractivity contribution in [2.24, 2.45) is 0 Å². The van der Waals surface area contributed by atoms with Crippen LogP contribution in [-0.4, -0.2) is 23.5 Å². The number of carbonyl (C=O) groups excluding carboxylic acids is 2. The second-order valence-corrected chi connectivity index (χ2v) is 5.25. The van der Waals surface area contributed by atoms with Gasteiger partial charge in [-0.1, -0.05) is 60.7 Å². The van der Waals surface area contributed by atoms with Crippen molar-refractivity contribution in [1.29, 1.82) is 0 Å². The largest absolute Gasteiger partial charge is 0.446 e. The Hall–Kier alpha value is -2.62. The van der Waals surface area contributed by atoms with Crippen molar-refractivity contribution in [1.82, 2.24) is 4.90 Å². The van der Waals surface area contributed by atoms with E-state index in [1.807, 2.05) is 60.7 Å². The molecule has 1 fully saturated rings. The predicted molar refractivity (Wildman–Crippen MR) is 82.1 cm³/mol. The van der Waals surface area contributed by atoms with Crippen molar-refractivity contribution >= 4 is 12.0 Å². The summed E-state index contributed by atoms with van der Waals surface area (Å²) in [5.74, 6) is -0.194. The molecule has 3 rings (SSSR count). The number of benzene rings is 2. The summed E-state index contributed by atoms with van der Waals surface area (Å²) in [5, 5.41) is 0. The van der Waals surface area contributed by atoms with Crippen LogP contribution in [0.5, 0.6) is 0 Å². The normalized spacial score (nSPS) is 17.4. The van der Waals surface area contributed by atoms with Gasteiger partial charge >= 0.3 is 6.09 Å². The van der Waals surface area contributed by atoms with E-state index in [1.54, 1.807) is 0 Å². The number of hydrogen-bond donors (Lipinski definition) is 0. The lowest BCUT2D eigenvalue weighted by Gasteiger charge is -2.19. The van der Waals surface area contributed by atoms with Gasteiger partial charge in [-0.25, -0.2) is 9.69 Å². The van der Waals surface area contributed by atoms with Crippen molar-refractivity contribution in [3.8, 4) is 0 Å². The van der Waals surface area contributed by atoms with Crippen LogP contribution in [0.25, 0.3) is 0 Å². The van der Waals surface area contributed by atoms with Crippen molar-refractivity contribution in [3.63, 3.8) is 0 Å². The molecule has 1 aliphatic rings. The standard InChI is InChI=1S/C18H17NO3/c20-17(12-11-14-7-3-1-4-8-14)19-16(13-22-18(19)21)15-9-5-2-6-10-15/h1-10,16H,11-13H2. The summed E-state index contributed by atoms with van der Waals surface area (Å²) in [4.78, 5) is 25.6. The minimum Gasteiger partial charge on any atom is -0.446 e. The first-order chi connectivity index (χ1) is 10.8. The Kier molecular flexibility index (Phi) is 4.19. The summed E-state index contributed by atoms with van der Waals surface area (Å²) >= 11 is 0. The number of ether oxygens (including phenoxy) is 1. The van der Waals surface area contributed by atoms with Crippen LogP contribution in [0.4, 0.5) is 4.79 Å². The SMILES string of the molecule is O=C(CCc1ccccc1)N1C(=O)OCC1c1ccccc1. The van der Waals surface area contributed by atoms with E-state index in [-0.39, 0.29) is 18.6 Å². The van der Waals surface area contributed by atoms with Crippen LogP contribution in [0.2, 0.25) is 0 Å². The van der Waals surface area contributed by atoms with Gasteiger partial charge in [0.25, 0.3) is 0 Å². The van der Waals surface area contributed by atoms with Gasteiger partial charge in [0.05, 0.1) is 0 Å². The summed E-state index contributed by atoms with van der Waals surface area (Å²) < 4.78 is 5.07. The highest BCUT2D eigenvalue weighted by molar-refractivity contribution is 5.93. The fraction of sp³-hybridized carbons (Fsp3) is 0.222. The number of hydrogen-bond acceptors (Lipinski definition) is 3. The van der Waals surface area contributed by atoms with Crippen molar-refractivity contribution < 1.29 is 14.3 Å². The molecular weight excluding hydrogens is 278 g/mol. The van der Waals surface area contributed by atoms with Gasteiger partial charge in [0.1, 0.15) is 12.6 Å². The molecule has 1 heterocycles. The lowest BCUT2D eigenvalue weighted by atomic mass is 10.1. The third kappa shape index (κ3) is 3.01. The lowest BCUT2D eigenvalue weighted by molar-refractivity contribution is -0.129. The summed E-state index contributed by atoms with van der Waals surface area (Å²) in [5.41, 5.74) is 2.00. The van der Waals surface area contributed by atoms with E-state index in [9.17, 15) is 9.59 Å². The minimum atomic E-state index is -0.549. The fourth-order valence-corrected chi connectivity index (χ4v) is 2.63. The van der Waals surface area contributed by atoms with Gasteiger partial charge in [-0.15, -0.1) is 0 Å². The van der Waals surface area contributed by atoms with E-state index < -0.39 is 6.09 Å². The fourth-order valence-electron chi connectivity index (χ4n) is 2.63. The Morgan fingerprint density at radius 1 is 1.05 bits per heavy atom. The third-order valence-electron chi connectivity index (χ3n) is 3.80. The second kappa shape index (κ2) is 6.43. The molecule has 2 aromatic rings. The van der Waals surface area contributed by atoms with Crippen LogP contribution >= 0.6 is 0 Å². The molecule has 4 heteroatoms. The van der Waals surface area contributed by atoms with Gasteiger partial charge in [-0.05, 0) is 17.5 Å². The molecule has 0 bridgehead atoms. The predicted octanol–water partition coefficient (Wildman–Crippen LogP) is 3.34. The van der Waals surface area contributed by atoms with Gasteiger partial charge in [-0.2, -0.15) is 0 Å². The summed E-state index contributed by atoms with van der Waals surface area (Å²) in [6, 6.07) is 19.0. The zero-order chi connectivity index (χ0) is 15.4. The number of nitrogens with zero attached hydrogens (tertiary/aromatic N) is 1. The molecule has 1 unspecified atom stereocenters. The summed E-state index contributed by atoms with van der Waals surface area (Å²) in [6.07, 6.45) is 0.361. The molecule has 1 aliphatic heterocycles. The van der Waals surface area contributed by atoms with E-state index in [2.05, 4.69) is 0 Å². The molecule has 0 aliphatic carbocycles. The Balaban J connectivity index is 1.71. The molecule has 22 heavy (non-hydrogen) atoms. The van der Waals surface area contributed by atoms with E-state index in [1.165, 1.54) is 4.90 Å². The highest BCUT2D eigenvalue weighted by Gasteiger charge is 2.38. The zero-order valence-corrected chi connectivity index (χ0v) is 12.1. The van der Waals surface area contributed by atoms with Gasteiger partial charge in [0.15, 0.2) is 0 Å². The highest BCUT2D eigenvalue weighted by Crippen LogP contribution is 2.28. The van der Waals surface area contributed by atoms with Crippen molar-refractivity contribution in [2.45, 2.75) is 18.9 Å². The maximum Gasteiger partial charge on any atom is 0.417 e. The van der Waals surface area contributed by atoms with Crippen LogP contribution in [0.3, 0.4) is 0 Å². The van der Waals surface area contributed by atoms with E-state index in [0.717, 1.165) is 11.1 Å². The Morgan fingerprint density at radius 3 is 2.36 bits per heavy atom. The molecule has 0 spiro atoms. The molecular formula is C18H17NO3. The molecule has 4 nitrogen and oxygen atoms in total. The molecule has 112 valence electrons. The number of amides is 2. The van der Waals surface area contributed by atoms with Gasteiger partial charge in [0.2, 0.25) is 5.91 Å². The summed E-state index contributed by atoms with van der Waals surface area (Å²) in [6.45, 7) is 0.222. The number of cyclic esters (lactones) is 1. The first kappa shape index (κ1) is 14.3. The minimum absolute atomic E-state index is 0.194. The molecule has 0 radical (unpaired) electrons. The zero-order valence-electron chi connectivity index (χ0n) is 12.1. The quantitative estimate of drug-likeness (QED) is 0.869. The molecule has 0 aromatic heterocycles. The van der Waals surface area contributed by atoms with E-state index in [0.29, 0.717) is 12.8 Å². The maximum atomic E-state index is 12.4. The summed E-state index contributed by atoms with van der Waals surface area (Å²) in [7, 11) is 0. The molecule has 0 saturated carbocycles. The van der Waals surface area contributed by atoms with Gasteiger partial charge < -0.3 is 4.74 Å². The molecule has 1 atom stereocenters. The van der Waals surface area contributed by atoms with Crippen LogP contribution in [-0.2, 0) is 16.0 Å². The Bertz CT molecular complexity index is 655. The third-order valence-corrected chi connectivity index (χ3v) is 3.80. The first-order valence-corrected chi connectivity index (χ1v) is 7.33. The van der Waals surface area contributed by atoms with Crippen LogP contribution in [0, 0.1) is 0 Å². The Morgan fingerprint density at radius 2 is 1.68 bits per heavy atom. The number of rotatable bonds is 4. The molecule has 0 N–H and O–H groups in total. The molecule has 1 saturated heterocycles. The van der Waals surface area contributed by atoms with E-state index in [4.69, 9.17) is 4.74 Å². The van der Waals surface area contributed by atoms with Gasteiger partial charge in [-0.3, -0.25) is 4.79 Å². The molecule has 2 amide bonds. The molecule has 2 aromatic carbocycles. The highest BCUT2D eigenvalue weighted by atomic mass is 16.6. The van der Waals surface area contributed by atoms with Crippen LogP contribution < -0.4 is 0 Å². The van der Waals surface area contributed by atoms with Crippen molar-refractivity contribution in [2.75, 3.05) is 6.61 Å². The number of imide groups is 1. The number of aryl methyl sites for hydroxylation is 1. The Labute approximate surface area is 129 Å². The second-order valence-electron chi connectivity index (χ2n) is 5.25. The van der Waals surface area contributed by atoms with Crippen molar-refractivity contribution in [3.05, 3.63) is 71.8 Å². The average molecular weight is 295 g/mol. The van der Waals surface area contributed by atoms with E-state index >= 15 is 0 Å². The smallest absolute Gasteiger partial charge is 0.417 e. The van der Waals surface area contributed by atoms with Crippen LogP contribution in [0.15, 0.2) is 60.7 Å². The number of carbonyl (C=O) groups is 2.